The van der Waals surface area contributed by atoms with Crippen molar-refractivity contribution in [1.82, 2.24) is 5.32 Å². The van der Waals surface area contributed by atoms with Crippen molar-refractivity contribution in [2.24, 2.45) is 5.41 Å². The van der Waals surface area contributed by atoms with Crippen molar-refractivity contribution in [3.05, 3.63) is 22.4 Å². The molecule has 2 rings (SSSR count). The second-order valence-corrected chi connectivity index (χ2v) is 6.89. The van der Waals surface area contributed by atoms with E-state index in [1.54, 1.807) is 18.3 Å². The summed E-state index contributed by atoms with van der Waals surface area (Å²) in [6.45, 7) is 3.75. The number of carbonyl (C=O) groups excluding carboxylic acids is 1. The third kappa shape index (κ3) is 1.96. The summed E-state index contributed by atoms with van der Waals surface area (Å²) >= 11 is 13.5. The summed E-state index contributed by atoms with van der Waals surface area (Å²) in [5.41, 5.74) is -0.637. The molecule has 5 heteroatoms. The van der Waals surface area contributed by atoms with Crippen LogP contribution in [0.2, 0.25) is 0 Å². The molecule has 2 unspecified atom stereocenters. The zero-order valence-corrected chi connectivity index (χ0v) is 11.4. The molecule has 0 bridgehead atoms. The number of alkyl halides is 2. The largest absolute Gasteiger partial charge is 0.348 e. The first kappa shape index (κ1) is 12.2. The van der Waals surface area contributed by atoms with Crippen LogP contribution < -0.4 is 5.32 Å². The summed E-state index contributed by atoms with van der Waals surface area (Å²) in [4.78, 5) is 13.1. The average molecular weight is 278 g/mol. The van der Waals surface area contributed by atoms with Crippen LogP contribution in [0.3, 0.4) is 0 Å². The normalized spacial score (nSPS) is 28.5. The maximum Gasteiger partial charge on any atom is 0.229 e. The maximum absolute atomic E-state index is 12.0. The third-order valence-electron chi connectivity index (χ3n) is 3.08. The van der Waals surface area contributed by atoms with Crippen LogP contribution >= 0.6 is 34.5 Å². The van der Waals surface area contributed by atoms with Crippen LogP contribution in [0.5, 0.6) is 0 Å². The van der Waals surface area contributed by atoms with Crippen molar-refractivity contribution in [3.63, 3.8) is 0 Å². The van der Waals surface area contributed by atoms with Gasteiger partial charge >= 0.3 is 0 Å². The van der Waals surface area contributed by atoms with Crippen LogP contribution in [-0.2, 0) is 4.79 Å². The highest BCUT2D eigenvalue weighted by Gasteiger charge is 2.67. The minimum Gasteiger partial charge on any atom is -0.348 e. The average Bonchev–Trinajstić information content (AvgIpc) is 2.63. The Bertz CT molecular complexity index is 404. The number of thiophene rings is 1. The maximum atomic E-state index is 12.0. The van der Waals surface area contributed by atoms with Crippen LogP contribution in [0.25, 0.3) is 0 Å². The van der Waals surface area contributed by atoms with E-state index < -0.39 is 9.75 Å². The van der Waals surface area contributed by atoms with Gasteiger partial charge in [-0.05, 0) is 31.7 Å². The van der Waals surface area contributed by atoms with E-state index in [1.165, 1.54) is 0 Å². The van der Waals surface area contributed by atoms with E-state index >= 15 is 0 Å². The number of carbonyl (C=O) groups is 1. The van der Waals surface area contributed by atoms with Gasteiger partial charge in [-0.25, -0.2) is 0 Å². The Hall–Kier alpha value is -0.250. The summed E-state index contributed by atoms with van der Waals surface area (Å²) < 4.78 is -0.897. The highest BCUT2D eigenvalue weighted by atomic mass is 35.5. The zero-order chi connectivity index (χ0) is 12.0. The first-order valence-corrected chi connectivity index (χ1v) is 6.72. The van der Waals surface area contributed by atoms with Gasteiger partial charge in [0.2, 0.25) is 5.91 Å². The Kier molecular flexibility index (Phi) is 2.97. The van der Waals surface area contributed by atoms with Gasteiger partial charge in [0.1, 0.15) is 4.33 Å². The lowest BCUT2D eigenvalue weighted by Gasteiger charge is -2.17. The van der Waals surface area contributed by atoms with Gasteiger partial charge in [0.05, 0.1) is 11.5 Å². The Labute approximate surface area is 109 Å². The van der Waals surface area contributed by atoms with E-state index in [0.29, 0.717) is 6.42 Å². The molecule has 0 spiro atoms. The lowest BCUT2D eigenvalue weighted by Crippen LogP contribution is -2.34. The molecule has 88 valence electrons. The van der Waals surface area contributed by atoms with E-state index in [4.69, 9.17) is 23.2 Å². The fourth-order valence-electron chi connectivity index (χ4n) is 1.61. The fraction of sp³-hybridized carbons (Fsp3) is 0.545. The zero-order valence-electron chi connectivity index (χ0n) is 9.09. The number of hydrogen-bond donors (Lipinski definition) is 1. The summed E-state index contributed by atoms with van der Waals surface area (Å²) in [7, 11) is 0. The molecule has 0 saturated heterocycles. The van der Waals surface area contributed by atoms with Gasteiger partial charge in [-0.2, -0.15) is 0 Å². The summed E-state index contributed by atoms with van der Waals surface area (Å²) in [6.07, 6.45) is 0.520. The van der Waals surface area contributed by atoms with Gasteiger partial charge in [0, 0.05) is 4.88 Å². The molecule has 0 aliphatic heterocycles. The molecule has 0 aromatic carbocycles. The van der Waals surface area contributed by atoms with Crippen molar-refractivity contribution >= 4 is 40.4 Å². The number of halogens is 2. The van der Waals surface area contributed by atoms with Crippen molar-refractivity contribution in [3.8, 4) is 0 Å². The van der Waals surface area contributed by atoms with Gasteiger partial charge in [0.25, 0.3) is 0 Å². The molecule has 1 fully saturated rings. The Balaban J connectivity index is 1.99. The minimum absolute atomic E-state index is 0.00839. The molecule has 2 atom stereocenters. The Morgan fingerprint density at radius 1 is 1.62 bits per heavy atom. The fourth-order valence-corrected chi connectivity index (χ4v) is 3.05. The first-order chi connectivity index (χ1) is 7.37. The Morgan fingerprint density at radius 2 is 2.25 bits per heavy atom. The summed E-state index contributed by atoms with van der Waals surface area (Å²) in [6, 6.07) is 3.98. The molecule has 1 amide bonds. The minimum atomic E-state index is -0.897. The number of rotatable bonds is 3. The van der Waals surface area contributed by atoms with Gasteiger partial charge < -0.3 is 5.32 Å². The third-order valence-corrected chi connectivity index (χ3v) is 5.23. The number of hydrogen-bond acceptors (Lipinski definition) is 2. The van der Waals surface area contributed by atoms with Gasteiger partial charge in [0.15, 0.2) is 0 Å². The van der Waals surface area contributed by atoms with E-state index in [9.17, 15) is 4.79 Å². The van der Waals surface area contributed by atoms with Crippen LogP contribution in [0.15, 0.2) is 17.5 Å². The quantitative estimate of drug-likeness (QED) is 0.842. The molecule has 1 saturated carbocycles. The van der Waals surface area contributed by atoms with Crippen molar-refractivity contribution in [2.45, 2.75) is 30.6 Å². The highest BCUT2D eigenvalue weighted by molar-refractivity contribution is 7.10. The number of nitrogens with one attached hydrogen (secondary N) is 1. The molecule has 1 heterocycles. The van der Waals surface area contributed by atoms with Crippen LogP contribution in [-0.4, -0.2) is 10.2 Å². The molecular weight excluding hydrogens is 265 g/mol. The van der Waals surface area contributed by atoms with Crippen LogP contribution in [0, 0.1) is 5.41 Å². The van der Waals surface area contributed by atoms with E-state index in [0.717, 1.165) is 4.88 Å². The molecule has 16 heavy (non-hydrogen) atoms. The summed E-state index contributed by atoms with van der Waals surface area (Å²) in [5.74, 6) is -0.0709. The topological polar surface area (TPSA) is 29.1 Å². The standard InChI is InChI=1S/C11H13Cl2NOS/c1-7(8-4-3-5-16-8)14-9(15)10(2)6-11(10,12)13/h3-5,7H,6H2,1-2H3,(H,14,15). The predicted molar refractivity (Wildman–Crippen MR) is 68.0 cm³/mol. The second-order valence-electron chi connectivity index (χ2n) is 4.42. The van der Waals surface area contributed by atoms with Gasteiger partial charge in [-0.15, -0.1) is 34.5 Å². The molecule has 2 nitrogen and oxygen atoms in total. The second kappa shape index (κ2) is 3.90. The highest BCUT2D eigenvalue weighted by Crippen LogP contribution is 2.63. The molecule has 1 aromatic rings. The van der Waals surface area contributed by atoms with Crippen LogP contribution in [0.1, 0.15) is 31.2 Å². The molecule has 1 aromatic heterocycles. The molecular formula is C11H13Cl2NOS. The molecule has 1 N–H and O–H groups in total. The van der Waals surface area contributed by atoms with Crippen molar-refractivity contribution < 1.29 is 4.79 Å². The van der Waals surface area contributed by atoms with Gasteiger partial charge in [-0.3, -0.25) is 4.79 Å². The molecule has 1 aliphatic rings. The first-order valence-electron chi connectivity index (χ1n) is 5.09. The smallest absolute Gasteiger partial charge is 0.229 e. The van der Waals surface area contributed by atoms with E-state index in [-0.39, 0.29) is 11.9 Å². The van der Waals surface area contributed by atoms with E-state index in [1.807, 2.05) is 24.4 Å². The van der Waals surface area contributed by atoms with Crippen LogP contribution in [0.4, 0.5) is 0 Å². The molecule has 0 radical (unpaired) electrons. The number of amides is 1. The van der Waals surface area contributed by atoms with Crippen molar-refractivity contribution in [2.75, 3.05) is 0 Å². The van der Waals surface area contributed by atoms with Gasteiger partial charge in [-0.1, -0.05) is 6.07 Å². The predicted octanol–water partition coefficient (Wildman–Crippen LogP) is 3.51. The Morgan fingerprint density at radius 3 is 2.69 bits per heavy atom. The monoisotopic (exact) mass is 277 g/mol. The SMILES string of the molecule is CC(NC(=O)C1(C)CC1(Cl)Cl)c1cccs1. The van der Waals surface area contributed by atoms with Crippen molar-refractivity contribution in [1.29, 1.82) is 0 Å². The lowest BCUT2D eigenvalue weighted by molar-refractivity contribution is -0.126. The molecule has 1 aliphatic carbocycles. The van der Waals surface area contributed by atoms with E-state index in [2.05, 4.69) is 5.32 Å². The summed E-state index contributed by atoms with van der Waals surface area (Å²) in [5, 5.41) is 4.93. The lowest BCUT2D eigenvalue weighted by atomic mass is 10.1.